The van der Waals surface area contributed by atoms with E-state index in [1.165, 1.54) is 5.69 Å². The van der Waals surface area contributed by atoms with E-state index in [0.29, 0.717) is 5.92 Å². The molecule has 0 aromatic carbocycles. The largest absolute Gasteiger partial charge is 0.337 e. The average molecular weight is 236 g/mol. The molecule has 0 aliphatic heterocycles. The third-order valence-electron chi connectivity index (χ3n) is 2.60. The van der Waals surface area contributed by atoms with Crippen molar-refractivity contribution in [3.05, 3.63) is 29.1 Å². The zero-order valence-electron chi connectivity index (χ0n) is 9.77. The summed E-state index contributed by atoms with van der Waals surface area (Å²) in [6.07, 6.45) is 5.82. The van der Waals surface area contributed by atoms with Crippen molar-refractivity contribution in [3.63, 3.8) is 0 Å². The number of hydrogen-bond acceptors (Lipinski definition) is 2. The molecule has 5 heteroatoms. The van der Waals surface area contributed by atoms with Gasteiger partial charge in [0, 0.05) is 24.6 Å². The molecular formula is C11H16N4S. The van der Waals surface area contributed by atoms with Gasteiger partial charge in [-0.3, -0.25) is 9.25 Å². The van der Waals surface area contributed by atoms with Gasteiger partial charge in [0.1, 0.15) is 0 Å². The summed E-state index contributed by atoms with van der Waals surface area (Å²) in [6.45, 7) is 7.24. The lowest BCUT2D eigenvalue weighted by molar-refractivity contribution is 0.659. The summed E-state index contributed by atoms with van der Waals surface area (Å²) in [5.74, 6) is 0.429. The number of hydrogen-bond donors (Lipinski definition) is 1. The normalized spacial score (nSPS) is 11.2. The third kappa shape index (κ3) is 1.82. The summed E-state index contributed by atoms with van der Waals surface area (Å²) < 4.78 is 4.66. The molecule has 0 fully saturated rings. The molecule has 0 atom stereocenters. The Bertz CT molecular complexity index is 532. The van der Waals surface area contributed by atoms with Crippen LogP contribution in [0.4, 0.5) is 0 Å². The highest BCUT2D eigenvalue weighted by molar-refractivity contribution is 7.71. The van der Waals surface area contributed by atoms with Gasteiger partial charge < -0.3 is 4.98 Å². The first-order valence-electron chi connectivity index (χ1n) is 5.46. The molecule has 0 aliphatic carbocycles. The van der Waals surface area contributed by atoms with Crippen LogP contribution in [0.2, 0.25) is 0 Å². The lowest BCUT2D eigenvalue weighted by Gasteiger charge is -2.08. The number of imidazole rings is 1. The number of aromatic amines is 1. The Morgan fingerprint density at radius 3 is 2.81 bits per heavy atom. The van der Waals surface area contributed by atoms with Gasteiger partial charge in [0.25, 0.3) is 0 Å². The van der Waals surface area contributed by atoms with Gasteiger partial charge >= 0.3 is 0 Å². The second-order valence-electron chi connectivity index (χ2n) is 4.06. The Labute approximate surface area is 99.9 Å². The number of rotatable bonds is 3. The van der Waals surface area contributed by atoms with Gasteiger partial charge in [-0.15, -0.1) is 0 Å². The van der Waals surface area contributed by atoms with Crippen LogP contribution in [-0.2, 0) is 6.54 Å². The zero-order valence-corrected chi connectivity index (χ0v) is 10.6. The summed E-state index contributed by atoms with van der Waals surface area (Å²) in [4.78, 5) is 3.09. The fourth-order valence-electron chi connectivity index (χ4n) is 1.71. The van der Waals surface area contributed by atoms with Gasteiger partial charge in [-0.1, -0.05) is 13.8 Å². The molecule has 4 nitrogen and oxygen atoms in total. The van der Waals surface area contributed by atoms with Crippen molar-refractivity contribution in [1.29, 1.82) is 0 Å². The van der Waals surface area contributed by atoms with Crippen LogP contribution < -0.4 is 0 Å². The van der Waals surface area contributed by atoms with Crippen LogP contribution in [0.3, 0.4) is 0 Å². The monoisotopic (exact) mass is 236 g/mol. The van der Waals surface area contributed by atoms with E-state index in [-0.39, 0.29) is 0 Å². The first-order valence-corrected chi connectivity index (χ1v) is 5.87. The van der Waals surface area contributed by atoms with Crippen LogP contribution in [0.5, 0.6) is 0 Å². The van der Waals surface area contributed by atoms with Crippen molar-refractivity contribution in [2.75, 3.05) is 0 Å². The van der Waals surface area contributed by atoms with Crippen molar-refractivity contribution < 1.29 is 0 Å². The number of nitrogens with zero attached hydrogens (tertiary/aromatic N) is 3. The van der Waals surface area contributed by atoms with Gasteiger partial charge in [0.15, 0.2) is 4.77 Å². The number of aromatic nitrogens is 4. The molecule has 0 aliphatic rings. The minimum atomic E-state index is 0.429. The van der Waals surface area contributed by atoms with E-state index in [1.807, 2.05) is 27.8 Å². The predicted octanol–water partition coefficient (Wildman–Crippen LogP) is 2.87. The van der Waals surface area contributed by atoms with E-state index >= 15 is 0 Å². The van der Waals surface area contributed by atoms with Crippen molar-refractivity contribution in [2.24, 2.45) is 0 Å². The molecule has 2 rings (SSSR count). The Balaban J connectivity index is 2.54. The van der Waals surface area contributed by atoms with E-state index in [0.717, 1.165) is 17.0 Å². The molecular weight excluding hydrogens is 220 g/mol. The maximum absolute atomic E-state index is 5.29. The topological polar surface area (TPSA) is 38.5 Å². The molecule has 0 saturated heterocycles. The lowest BCUT2D eigenvalue weighted by Crippen LogP contribution is -2.01. The molecule has 0 radical (unpaired) electrons. The Hall–Kier alpha value is -1.36. The SMILES string of the molecule is CCn1cc(-n2c(C(C)C)c[nH]c2=S)cn1. The van der Waals surface area contributed by atoms with Crippen LogP contribution in [0, 0.1) is 4.77 Å². The summed E-state index contributed by atoms with van der Waals surface area (Å²) >= 11 is 5.29. The van der Waals surface area contributed by atoms with Crippen molar-refractivity contribution in [2.45, 2.75) is 33.2 Å². The third-order valence-corrected chi connectivity index (χ3v) is 2.90. The van der Waals surface area contributed by atoms with Crippen molar-refractivity contribution in [1.82, 2.24) is 19.3 Å². The van der Waals surface area contributed by atoms with Crippen LogP contribution in [-0.4, -0.2) is 19.3 Å². The highest BCUT2D eigenvalue weighted by Gasteiger charge is 2.10. The summed E-state index contributed by atoms with van der Waals surface area (Å²) in [5, 5.41) is 4.27. The van der Waals surface area contributed by atoms with Gasteiger partial charge in [0.2, 0.25) is 0 Å². The molecule has 0 spiro atoms. The van der Waals surface area contributed by atoms with Gasteiger partial charge in [0.05, 0.1) is 11.9 Å². The molecule has 0 unspecified atom stereocenters. The first kappa shape index (κ1) is 11.1. The number of H-pyrrole nitrogens is 1. The summed E-state index contributed by atoms with van der Waals surface area (Å²) in [5.41, 5.74) is 2.21. The number of nitrogens with one attached hydrogen (secondary N) is 1. The van der Waals surface area contributed by atoms with Crippen molar-refractivity contribution in [3.8, 4) is 5.69 Å². The maximum Gasteiger partial charge on any atom is 0.182 e. The van der Waals surface area contributed by atoms with Gasteiger partial charge in [-0.2, -0.15) is 5.10 Å². The Morgan fingerprint density at radius 1 is 1.50 bits per heavy atom. The van der Waals surface area contributed by atoms with Crippen LogP contribution in [0.15, 0.2) is 18.6 Å². The number of aryl methyl sites for hydroxylation is 1. The first-order chi connectivity index (χ1) is 7.63. The fraction of sp³-hybridized carbons (Fsp3) is 0.455. The second kappa shape index (κ2) is 4.25. The van der Waals surface area contributed by atoms with Crippen LogP contribution in [0.1, 0.15) is 32.4 Å². The van der Waals surface area contributed by atoms with E-state index in [1.54, 1.807) is 0 Å². The molecule has 16 heavy (non-hydrogen) atoms. The van der Waals surface area contributed by atoms with E-state index in [4.69, 9.17) is 12.2 Å². The quantitative estimate of drug-likeness (QED) is 0.832. The highest BCUT2D eigenvalue weighted by atomic mass is 32.1. The Kier molecular flexibility index (Phi) is 2.96. The van der Waals surface area contributed by atoms with Crippen LogP contribution >= 0.6 is 12.2 Å². The van der Waals surface area contributed by atoms with Crippen molar-refractivity contribution >= 4 is 12.2 Å². The Morgan fingerprint density at radius 2 is 2.25 bits per heavy atom. The molecule has 86 valence electrons. The minimum Gasteiger partial charge on any atom is -0.337 e. The molecule has 0 saturated carbocycles. The molecule has 2 aromatic heterocycles. The van der Waals surface area contributed by atoms with Gasteiger partial charge in [-0.25, -0.2) is 0 Å². The maximum atomic E-state index is 5.29. The molecule has 0 bridgehead atoms. The predicted molar refractivity (Wildman–Crippen MR) is 66.5 cm³/mol. The van der Waals surface area contributed by atoms with E-state index in [2.05, 4.69) is 30.9 Å². The summed E-state index contributed by atoms with van der Waals surface area (Å²) in [7, 11) is 0. The van der Waals surface area contributed by atoms with Crippen LogP contribution in [0.25, 0.3) is 5.69 Å². The second-order valence-corrected chi connectivity index (χ2v) is 4.45. The van der Waals surface area contributed by atoms with E-state index < -0.39 is 0 Å². The zero-order chi connectivity index (χ0) is 11.7. The average Bonchev–Trinajstić information content (AvgIpc) is 2.83. The highest BCUT2D eigenvalue weighted by Crippen LogP contribution is 2.19. The molecule has 0 amide bonds. The fourth-order valence-corrected chi connectivity index (χ4v) is 1.98. The smallest absolute Gasteiger partial charge is 0.182 e. The lowest BCUT2D eigenvalue weighted by atomic mass is 10.1. The van der Waals surface area contributed by atoms with Gasteiger partial charge in [-0.05, 0) is 25.1 Å². The molecule has 2 heterocycles. The van der Waals surface area contributed by atoms with E-state index in [9.17, 15) is 0 Å². The standard InChI is InChI=1S/C11H16N4S/c1-4-14-7-9(5-13-14)15-10(8(2)3)6-12-11(15)16/h5-8H,4H2,1-3H3,(H,12,16). The molecule has 1 N–H and O–H groups in total. The summed E-state index contributed by atoms with van der Waals surface area (Å²) in [6, 6.07) is 0. The minimum absolute atomic E-state index is 0.429. The molecule has 2 aromatic rings.